The second-order valence-corrected chi connectivity index (χ2v) is 5.94. The van der Waals surface area contributed by atoms with E-state index in [1.54, 1.807) is 0 Å². The highest BCUT2D eigenvalue weighted by atomic mass is 32.1. The van der Waals surface area contributed by atoms with Crippen molar-refractivity contribution in [2.75, 3.05) is 19.6 Å². The predicted molar refractivity (Wildman–Crippen MR) is 88.4 cm³/mol. The molecule has 1 heterocycles. The Morgan fingerprint density at radius 3 is 2.38 bits per heavy atom. The van der Waals surface area contributed by atoms with Crippen LogP contribution in [0.3, 0.4) is 0 Å². The van der Waals surface area contributed by atoms with E-state index in [-0.39, 0.29) is 0 Å². The maximum Gasteiger partial charge on any atom is 0.186 e. The van der Waals surface area contributed by atoms with Gasteiger partial charge in [0.25, 0.3) is 0 Å². The van der Waals surface area contributed by atoms with Crippen LogP contribution in [0.1, 0.15) is 24.3 Å². The molecule has 0 bridgehead atoms. The summed E-state index contributed by atoms with van der Waals surface area (Å²) in [6.07, 6.45) is 0. The van der Waals surface area contributed by atoms with Crippen molar-refractivity contribution >= 4 is 11.3 Å². The summed E-state index contributed by atoms with van der Waals surface area (Å²) < 4.78 is 0. The molecule has 0 fully saturated rings. The second-order valence-electron chi connectivity index (χ2n) is 4.99. The number of quaternary nitrogens is 1. The summed E-state index contributed by atoms with van der Waals surface area (Å²) in [6, 6.07) is 13.6. The first-order chi connectivity index (χ1) is 10.2. The summed E-state index contributed by atoms with van der Waals surface area (Å²) in [5.41, 5.74) is -0.378. The SMILES string of the molecule is CC[NH+](CC)CC#C[C@@](O)(c1ccccc1)c1cccs1. The Hall–Kier alpha value is -1.60. The number of aliphatic hydroxyl groups is 1. The molecule has 1 atom stereocenters. The van der Waals surface area contributed by atoms with Gasteiger partial charge in [-0.25, -0.2) is 0 Å². The first-order valence-electron chi connectivity index (χ1n) is 7.36. The number of hydrogen-bond donors (Lipinski definition) is 2. The average Bonchev–Trinajstić information content (AvgIpc) is 3.07. The van der Waals surface area contributed by atoms with Gasteiger partial charge in [0.2, 0.25) is 0 Å². The lowest BCUT2D eigenvalue weighted by atomic mass is 9.93. The normalized spacial score (nSPS) is 13.5. The maximum absolute atomic E-state index is 11.1. The van der Waals surface area contributed by atoms with Gasteiger partial charge in [-0.3, -0.25) is 0 Å². The largest absolute Gasteiger partial charge is 0.369 e. The Labute approximate surface area is 131 Å². The van der Waals surface area contributed by atoms with Crippen LogP contribution >= 0.6 is 11.3 Å². The Bertz CT molecular complexity index is 593. The topological polar surface area (TPSA) is 24.7 Å². The molecule has 110 valence electrons. The van der Waals surface area contributed by atoms with Gasteiger partial charge in [-0.05, 0) is 31.2 Å². The van der Waals surface area contributed by atoms with E-state index < -0.39 is 5.60 Å². The summed E-state index contributed by atoms with van der Waals surface area (Å²) in [5.74, 6) is 6.29. The van der Waals surface area contributed by atoms with Crippen LogP contribution in [0.15, 0.2) is 47.8 Å². The first kappa shape index (κ1) is 15.8. The zero-order valence-corrected chi connectivity index (χ0v) is 13.4. The Morgan fingerprint density at radius 1 is 1.10 bits per heavy atom. The number of benzene rings is 1. The average molecular weight is 300 g/mol. The number of hydrogen-bond acceptors (Lipinski definition) is 2. The molecule has 0 aliphatic carbocycles. The maximum atomic E-state index is 11.1. The molecule has 0 spiro atoms. The summed E-state index contributed by atoms with van der Waals surface area (Å²) in [4.78, 5) is 2.29. The third-order valence-electron chi connectivity index (χ3n) is 3.68. The van der Waals surface area contributed by atoms with E-state index in [0.29, 0.717) is 0 Å². The fraction of sp³-hybridized carbons (Fsp3) is 0.333. The Balaban J connectivity index is 2.33. The van der Waals surface area contributed by atoms with E-state index in [2.05, 4.69) is 25.7 Å². The molecule has 0 aliphatic heterocycles. The molecule has 3 heteroatoms. The zero-order valence-electron chi connectivity index (χ0n) is 12.6. The molecule has 2 N–H and O–H groups in total. The van der Waals surface area contributed by atoms with Crippen molar-refractivity contribution in [2.45, 2.75) is 19.4 Å². The van der Waals surface area contributed by atoms with Crippen molar-refractivity contribution in [3.63, 3.8) is 0 Å². The van der Waals surface area contributed by atoms with Gasteiger partial charge < -0.3 is 10.0 Å². The van der Waals surface area contributed by atoms with Crippen LogP contribution in [0.4, 0.5) is 0 Å². The third kappa shape index (κ3) is 3.74. The molecular weight excluding hydrogens is 278 g/mol. The van der Waals surface area contributed by atoms with Crippen molar-refractivity contribution in [1.82, 2.24) is 0 Å². The second kappa shape index (κ2) is 7.42. The van der Waals surface area contributed by atoms with Gasteiger partial charge in [0.1, 0.15) is 6.54 Å². The van der Waals surface area contributed by atoms with Crippen molar-refractivity contribution < 1.29 is 10.0 Å². The third-order valence-corrected chi connectivity index (χ3v) is 4.66. The summed E-state index contributed by atoms with van der Waals surface area (Å²) in [7, 11) is 0. The van der Waals surface area contributed by atoms with Crippen LogP contribution < -0.4 is 4.90 Å². The molecule has 0 radical (unpaired) electrons. The van der Waals surface area contributed by atoms with Crippen LogP contribution in [0, 0.1) is 11.8 Å². The lowest BCUT2D eigenvalue weighted by Crippen LogP contribution is -3.11. The van der Waals surface area contributed by atoms with Crippen molar-refractivity contribution in [1.29, 1.82) is 0 Å². The molecule has 2 rings (SSSR count). The lowest BCUT2D eigenvalue weighted by molar-refractivity contribution is -0.889. The minimum absolute atomic E-state index is 0.757. The van der Waals surface area contributed by atoms with Gasteiger partial charge in [0.05, 0.1) is 18.0 Å². The number of thiophene rings is 1. The molecule has 0 aliphatic rings. The minimum Gasteiger partial charge on any atom is -0.369 e. The molecule has 0 amide bonds. The van der Waals surface area contributed by atoms with Crippen LogP contribution in [0.2, 0.25) is 0 Å². The lowest BCUT2D eigenvalue weighted by Gasteiger charge is -2.21. The highest BCUT2D eigenvalue weighted by Crippen LogP contribution is 2.31. The predicted octanol–water partition coefficient (Wildman–Crippen LogP) is 1.91. The molecule has 1 aromatic carbocycles. The fourth-order valence-corrected chi connectivity index (χ4v) is 3.04. The summed E-state index contributed by atoms with van der Waals surface area (Å²) in [6.45, 7) is 7.17. The first-order valence-corrected chi connectivity index (χ1v) is 8.24. The van der Waals surface area contributed by atoms with E-state index in [9.17, 15) is 5.11 Å². The molecule has 21 heavy (non-hydrogen) atoms. The summed E-state index contributed by atoms with van der Waals surface area (Å²) in [5, 5.41) is 13.1. The van der Waals surface area contributed by atoms with Crippen LogP contribution in [-0.4, -0.2) is 24.7 Å². The highest BCUT2D eigenvalue weighted by molar-refractivity contribution is 7.10. The highest BCUT2D eigenvalue weighted by Gasteiger charge is 2.30. The van der Waals surface area contributed by atoms with E-state index in [1.165, 1.54) is 16.2 Å². The van der Waals surface area contributed by atoms with Gasteiger partial charge in [-0.2, -0.15) is 0 Å². The minimum atomic E-state index is -1.21. The Morgan fingerprint density at radius 2 is 1.81 bits per heavy atom. The smallest absolute Gasteiger partial charge is 0.186 e. The van der Waals surface area contributed by atoms with E-state index in [1.807, 2.05) is 47.8 Å². The van der Waals surface area contributed by atoms with Crippen molar-refractivity contribution in [3.05, 3.63) is 58.3 Å². The van der Waals surface area contributed by atoms with E-state index >= 15 is 0 Å². The molecule has 2 nitrogen and oxygen atoms in total. The van der Waals surface area contributed by atoms with E-state index in [4.69, 9.17) is 0 Å². The molecule has 0 unspecified atom stereocenters. The van der Waals surface area contributed by atoms with Gasteiger partial charge in [-0.1, -0.05) is 42.3 Å². The quantitative estimate of drug-likeness (QED) is 0.810. The summed E-state index contributed by atoms with van der Waals surface area (Å²) >= 11 is 1.54. The van der Waals surface area contributed by atoms with Gasteiger partial charge >= 0.3 is 0 Å². The molecule has 1 aromatic heterocycles. The van der Waals surface area contributed by atoms with Crippen molar-refractivity contribution in [2.24, 2.45) is 0 Å². The molecule has 0 saturated heterocycles. The monoisotopic (exact) mass is 300 g/mol. The molecule has 2 aromatic rings. The van der Waals surface area contributed by atoms with Crippen LogP contribution in [0.5, 0.6) is 0 Å². The molecule has 0 saturated carbocycles. The van der Waals surface area contributed by atoms with Gasteiger partial charge in [0.15, 0.2) is 5.60 Å². The number of rotatable bonds is 5. The van der Waals surface area contributed by atoms with Gasteiger partial charge in [-0.15, -0.1) is 11.3 Å². The number of nitrogens with one attached hydrogen (secondary N) is 1. The van der Waals surface area contributed by atoms with E-state index in [0.717, 1.165) is 30.1 Å². The van der Waals surface area contributed by atoms with Crippen molar-refractivity contribution in [3.8, 4) is 11.8 Å². The Kier molecular flexibility index (Phi) is 5.58. The molecular formula is C18H22NOS+. The standard InChI is InChI=1S/C18H21NOS/c1-3-19(4-2)14-9-13-18(20,17-12-8-15-21-17)16-10-6-5-7-11-16/h5-8,10-12,15,20H,3-4,14H2,1-2H3/p+1/t18-/m1/s1. The zero-order chi connectivity index (χ0) is 15.1. The van der Waals surface area contributed by atoms with Crippen LogP contribution in [-0.2, 0) is 5.60 Å². The van der Waals surface area contributed by atoms with Gasteiger partial charge in [0, 0.05) is 5.56 Å². The fourth-order valence-electron chi connectivity index (χ4n) is 2.24. The van der Waals surface area contributed by atoms with Crippen LogP contribution in [0.25, 0.3) is 0 Å².